The van der Waals surface area contributed by atoms with Gasteiger partial charge in [-0.05, 0) is 60.2 Å². The quantitative estimate of drug-likeness (QED) is 0.923. The summed E-state index contributed by atoms with van der Waals surface area (Å²) in [5.74, 6) is 0.999. The van der Waals surface area contributed by atoms with E-state index < -0.39 is 0 Å². The van der Waals surface area contributed by atoms with Crippen molar-refractivity contribution in [2.75, 3.05) is 6.61 Å². The van der Waals surface area contributed by atoms with Gasteiger partial charge in [0.2, 0.25) is 0 Å². The van der Waals surface area contributed by atoms with Gasteiger partial charge in [0.15, 0.2) is 0 Å². The summed E-state index contributed by atoms with van der Waals surface area (Å²) in [6.07, 6.45) is 7.28. The van der Waals surface area contributed by atoms with Gasteiger partial charge >= 0.3 is 0 Å². The van der Waals surface area contributed by atoms with Gasteiger partial charge in [0.25, 0.3) is 0 Å². The molecule has 3 rings (SSSR count). The van der Waals surface area contributed by atoms with E-state index in [1.165, 1.54) is 11.1 Å². The van der Waals surface area contributed by atoms with E-state index in [4.69, 9.17) is 22.1 Å². The van der Waals surface area contributed by atoms with Crippen molar-refractivity contribution in [2.24, 2.45) is 5.73 Å². The van der Waals surface area contributed by atoms with Crippen molar-refractivity contribution in [1.29, 1.82) is 0 Å². The van der Waals surface area contributed by atoms with Crippen LogP contribution in [0.4, 0.5) is 0 Å². The maximum Gasteiger partial charge on any atom is 0.125 e. The Morgan fingerprint density at radius 3 is 2.90 bits per heavy atom. The second-order valence-electron chi connectivity index (χ2n) is 5.51. The van der Waals surface area contributed by atoms with Gasteiger partial charge in [-0.15, -0.1) is 0 Å². The van der Waals surface area contributed by atoms with Gasteiger partial charge in [-0.2, -0.15) is 0 Å². The second kappa shape index (κ2) is 6.46. The lowest BCUT2D eigenvalue weighted by Crippen LogP contribution is -2.23. The molecule has 0 saturated heterocycles. The molecular formula is C17H19ClN2O. The lowest BCUT2D eigenvalue weighted by atomic mass is 9.98. The van der Waals surface area contributed by atoms with Crippen molar-refractivity contribution in [2.45, 2.75) is 31.7 Å². The number of fused-ring (bicyclic) bond motifs is 1. The summed E-state index contributed by atoms with van der Waals surface area (Å²) in [4.78, 5) is 4.03. The average Bonchev–Trinajstić information content (AvgIpc) is 2.94. The highest BCUT2D eigenvalue weighted by Crippen LogP contribution is 2.33. The molecule has 1 aromatic heterocycles. The topological polar surface area (TPSA) is 48.1 Å². The van der Waals surface area contributed by atoms with Gasteiger partial charge in [-0.1, -0.05) is 11.6 Å². The van der Waals surface area contributed by atoms with Gasteiger partial charge in [0, 0.05) is 29.9 Å². The van der Waals surface area contributed by atoms with E-state index in [0.717, 1.165) is 48.6 Å². The Balaban J connectivity index is 1.64. The number of benzene rings is 1. The highest BCUT2D eigenvalue weighted by molar-refractivity contribution is 6.30. The molecule has 0 amide bonds. The molecule has 0 saturated carbocycles. The monoisotopic (exact) mass is 302 g/mol. The summed E-state index contributed by atoms with van der Waals surface area (Å²) in [6.45, 7) is 0.745. The average molecular weight is 303 g/mol. The Bertz CT molecular complexity index is 616. The molecule has 1 aliphatic rings. The van der Waals surface area contributed by atoms with Crippen LogP contribution in [-0.2, 0) is 19.3 Å². The maximum absolute atomic E-state index is 6.28. The molecule has 1 aromatic carbocycles. The number of hydrogen-bond acceptors (Lipinski definition) is 3. The fourth-order valence-corrected chi connectivity index (χ4v) is 3.05. The summed E-state index contributed by atoms with van der Waals surface area (Å²) in [7, 11) is 0. The Labute approximate surface area is 130 Å². The number of aromatic nitrogens is 1. The van der Waals surface area contributed by atoms with Crippen LogP contribution in [-0.4, -0.2) is 17.6 Å². The Morgan fingerprint density at radius 2 is 2.10 bits per heavy atom. The largest absolute Gasteiger partial charge is 0.493 e. The van der Waals surface area contributed by atoms with E-state index in [1.807, 2.05) is 36.7 Å². The van der Waals surface area contributed by atoms with Crippen molar-refractivity contribution < 1.29 is 4.74 Å². The number of pyridine rings is 1. The minimum absolute atomic E-state index is 0.102. The number of ether oxygens (including phenoxy) is 1. The van der Waals surface area contributed by atoms with Crippen LogP contribution < -0.4 is 10.5 Å². The van der Waals surface area contributed by atoms with Gasteiger partial charge in [0.05, 0.1) is 6.61 Å². The summed E-state index contributed by atoms with van der Waals surface area (Å²) in [6, 6.07) is 8.15. The zero-order valence-corrected chi connectivity index (χ0v) is 12.6. The second-order valence-corrected chi connectivity index (χ2v) is 5.95. The molecule has 1 unspecified atom stereocenters. The first-order valence-corrected chi connectivity index (χ1v) is 7.69. The standard InChI is InChI=1S/C17H19ClN2O/c18-15-9-13-5-8-21-17(13)14(10-15)11-16(19)2-1-12-3-6-20-7-4-12/h3-4,6-7,9-10,16H,1-2,5,8,11,19H2. The molecule has 2 aromatic rings. The smallest absolute Gasteiger partial charge is 0.125 e. The van der Waals surface area contributed by atoms with Crippen LogP contribution in [0.3, 0.4) is 0 Å². The fourth-order valence-electron chi connectivity index (χ4n) is 2.78. The molecule has 4 heteroatoms. The highest BCUT2D eigenvalue weighted by atomic mass is 35.5. The van der Waals surface area contributed by atoms with E-state index >= 15 is 0 Å². The molecule has 1 aliphatic heterocycles. The highest BCUT2D eigenvalue weighted by Gasteiger charge is 2.19. The number of nitrogens with two attached hydrogens (primary N) is 1. The molecule has 0 bridgehead atoms. The minimum atomic E-state index is 0.102. The molecule has 1 atom stereocenters. The van der Waals surface area contributed by atoms with E-state index in [0.29, 0.717) is 0 Å². The van der Waals surface area contributed by atoms with Gasteiger partial charge in [-0.25, -0.2) is 0 Å². The minimum Gasteiger partial charge on any atom is -0.493 e. The van der Waals surface area contributed by atoms with Crippen LogP contribution in [0.25, 0.3) is 0 Å². The summed E-state index contributed by atoms with van der Waals surface area (Å²) in [5, 5.41) is 0.774. The molecule has 3 nitrogen and oxygen atoms in total. The SMILES string of the molecule is NC(CCc1ccncc1)Cc1cc(Cl)cc2c1OCC2. The fraction of sp³-hybridized carbons (Fsp3) is 0.353. The number of rotatable bonds is 5. The summed E-state index contributed by atoms with van der Waals surface area (Å²) in [5.41, 5.74) is 9.90. The third kappa shape index (κ3) is 3.55. The zero-order valence-electron chi connectivity index (χ0n) is 11.9. The molecule has 110 valence electrons. The normalized spacial score (nSPS) is 14.6. The van der Waals surface area contributed by atoms with Crippen molar-refractivity contribution in [3.8, 4) is 5.75 Å². The van der Waals surface area contributed by atoms with Crippen LogP contribution in [0, 0.1) is 0 Å². The Morgan fingerprint density at radius 1 is 1.29 bits per heavy atom. The molecule has 21 heavy (non-hydrogen) atoms. The Kier molecular flexibility index (Phi) is 4.42. The molecule has 0 fully saturated rings. The predicted molar refractivity (Wildman–Crippen MR) is 84.9 cm³/mol. The lowest BCUT2D eigenvalue weighted by Gasteiger charge is -2.14. The molecule has 2 N–H and O–H groups in total. The first-order valence-electron chi connectivity index (χ1n) is 7.31. The van der Waals surface area contributed by atoms with E-state index in [-0.39, 0.29) is 6.04 Å². The molecule has 0 radical (unpaired) electrons. The molecule has 0 spiro atoms. The number of aryl methyl sites for hydroxylation is 1. The van der Waals surface area contributed by atoms with Gasteiger partial charge in [0.1, 0.15) is 5.75 Å². The summed E-state index contributed by atoms with van der Waals surface area (Å²) < 4.78 is 5.73. The Hall–Kier alpha value is -1.58. The molecular weight excluding hydrogens is 284 g/mol. The van der Waals surface area contributed by atoms with E-state index in [9.17, 15) is 0 Å². The first kappa shape index (κ1) is 14.4. The number of halogens is 1. The maximum atomic E-state index is 6.28. The number of hydrogen-bond donors (Lipinski definition) is 1. The van der Waals surface area contributed by atoms with Crippen molar-refractivity contribution in [3.05, 3.63) is 58.4 Å². The zero-order chi connectivity index (χ0) is 14.7. The first-order chi connectivity index (χ1) is 10.2. The van der Waals surface area contributed by atoms with Crippen LogP contribution in [0.15, 0.2) is 36.7 Å². The van der Waals surface area contributed by atoms with Crippen molar-refractivity contribution in [3.63, 3.8) is 0 Å². The van der Waals surface area contributed by atoms with Gasteiger partial charge < -0.3 is 10.5 Å². The third-order valence-corrected chi connectivity index (χ3v) is 4.08. The lowest BCUT2D eigenvalue weighted by molar-refractivity contribution is 0.352. The van der Waals surface area contributed by atoms with Crippen molar-refractivity contribution >= 4 is 11.6 Å². The third-order valence-electron chi connectivity index (χ3n) is 3.86. The molecule has 0 aliphatic carbocycles. The number of nitrogens with zero attached hydrogens (tertiary/aromatic N) is 1. The van der Waals surface area contributed by atoms with E-state index in [2.05, 4.69) is 4.98 Å². The van der Waals surface area contributed by atoms with Crippen LogP contribution >= 0.6 is 11.6 Å². The van der Waals surface area contributed by atoms with Crippen molar-refractivity contribution in [1.82, 2.24) is 4.98 Å². The summed E-state index contributed by atoms with van der Waals surface area (Å²) >= 11 is 6.18. The van der Waals surface area contributed by atoms with Crippen LogP contribution in [0.2, 0.25) is 5.02 Å². The van der Waals surface area contributed by atoms with Crippen LogP contribution in [0.1, 0.15) is 23.1 Å². The predicted octanol–water partition coefficient (Wildman–Crippen LogP) is 3.17. The molecule has 2 heterocycles. The van der Waals surface area contributed by atoms with Crippen LogP contribution in [0.5, 0.6) is 5.75 Å². The van der Waals surface area contributed by atoms with E-state index in [1.54, 1.807) is 0 Å². The van der Waals surface area contributed by atoms with Gasteiger partial charge in [-0.3, -0.25) is 4.98 Å².